The van der Waals surface area contributed by atoms with Crippen molar-refractivity contribution in [2.24, 2.45) is 16.8 Å². The first-order valence-corrected chi connectivity index (χ1v) is 10.6. The number of tetrazole rings is 1. The molecule has 1 fully saturated rings. The number of primary sulfonamides is 1. The number of nitrogens with zero attached hydrogens (tertiary/aromatic N) is 3. The highest BCUT2D eigenvalue weighted by Gasteiger charge is 2.40. The molecule has 0 unspecified atom stereocenters. The number of alkyl halides is 3. The molecule has 0 spiro atoms. The minimum Gasteiger partial charge on any atom is -0.370 e. The van der Waals surface area contributed by atoms with Gasteiger partial charge in [0.2, 0.25) is 10.0 Å². The number of rotatable bonds is 5. The first-order valence-electron chi connectivity index (χ1n) is 9.07. The number of sulfonamides is 1. The molecule has 30 heavy (non-hydrogen) atoms. The fourth-order valence-corrected chi connectivity index (χ4v) is 4.89. The summed E-state index contributed by atoms with van der Waals surface area (Å²) in [7, 11) is -4.75. The topological polar surface area (TPSA) is 177 Å². The van der Waals surface area contributed by atoms with Crippen LogP contribution in [0.25, 0.3) is 11.4 Å². The molecule has 0 atom stereocenters. The van der Waals surface area contributed by atoms with Gasteiger partial charge >= 0.3 is 6.18 Å². The van der Waals surface area contributed by atoms with Crippen molar-refractivity contribution < 1.29 is 21.6 Å². The summed E-state index contributed by atoms with van der Waals surface area (Å²) in [6, 6.07) is 2.01. The second kappa shape index (κ2) is 8.18. The summed E-state index contributed by atoms with van der Waals surface area (Å²) in [4.78, 5) is -1.04. The molecule has 1 saturated carbocycles. The lowest BCUT2D eigenvalue weighted by atomic mass is 9.77. The SMILES string of the molecule is N=C(N)NC[C@H]1CC[C@H](c2ccc(C(F)(F)F)c(S(N)(=O)=O)c2-c2nnn[nH]2)CC1. The minimum atomic E-state index is -4.93. The summed E-state index contributed by atoms with van der Waals surface area (Å²) < 4.78 is 65.1. The Balaban J connectivity index is 2.05. The Labute approximate surface area is 170 Å². The summed E-state index contributed by atoms with van der Waals surface area (Å²) in [5, 5.41) is 28.0. The number of hydrogen-bond acceptors (Lipinski definition) is 6. The smallest absolute Gasteiger partial charge is 0.370 e. The highest BCUT2D eigenvalue weighted by molar-refractivity contribution is 7.89. The van der Waals surface area contributed by atoms with Crippen LogP contribution in [0.1, 0.15) is 42.7 Å². The summed E-state index contributed by atoms with van der Waals surface area (Å²) in [6.45, 7) is 0.524. The maximum atomic E-state index is 13.6. The molecule has 0 amide bonds. The van der Waals surface area contributed by atoms with E-state index in [4.69, 9.17) is 16.3 Å². The normalized spacial score (nSPS) is 20.1. The number of benzene rings is 1. The number of aromatic nitrogens is 4. The Bertz CT molecular complexity index is 1020. The molecular weight excluding hydrogens is 425 g/mol. The average Bonchev–Trinajstić information content (AvgIpc) is 3.18. The summed E-state index contributed by atoms with van der Waals surface area (Å²) in [5.41, 5.74) is 4.08. The number of aromatic amines is 1. The van der Waals surface area contributed by atoms with Gasteiger partial charge in [-0.05, 0) is 59.6 Å². The van der Waals surface area contributed by atoms with Crippen molar-refractivity contribution in [3.63, 3.8) is 0 Å². The van der Waals surface area contributed by atoms with Crippen LogP contribution in [-0.4, -0.2) is 41.5 Å². The zero-order valence-corrected chi connectivity index (χ0v) is 16.5. The number of nitrogens with two attached hydrogens (primary N) is 2. The molecule has 1 aromatic heterocycles. The van der Waals surface area contributed by atoms with Gasteiger partial charge < -0.3 is 11.1 Å². The Morgan fingerprint density at radius 2 is 1.93 bits per heavy atom. The maximum Gasteiger partial charge on any atom is 0.417 e. The maximum absolute atomic E-state index is 13.6. The molecule has 0 aliphatic heterocycles. The van der Waals surface area contributed by atoms with Crippen LogP contribution in [0.4, 0.5) is 13.2 Å². The summed E-state index contributed by atoms with van der Waals surface area (Å²) in [6.07, 6.45) is -2.27. The second-order valence-corrected chi connectivity index (χ2v) is 8.71. The fraction of sp³-hybridized carbons (Fsp3) is 0.500. The Hall–Kier alpha value is -2.74. The van der Waals surface area contributed by atoms with Crippen molar-refractivity contribution >= 4 is 16.0 Å². The lowest BCUT2D eigenvalue weighted by Crippen LogP contribution is -2.35. The molecule has 1 heterocycles. The van der Waals surface area contributed by atoms with Gasteiger partial charge in [-0.3, -0.25) is 5.41 Å². The van der Waals surface area contributed by atoms with Crippen LogP contribution in [0.15, 0.2) is 17.0 Å². The largest absolute Gasteiger partial charge is 0.417 e. The molecule has 10 nitrogen and oxygen atoms in total. The van der Waals surface area contributed by atoms with Crippen molar-refractivity contribution in [3.05, 3.63) is 23.3 Å². The zero-order valence-electron chi connectivity index (χ0n) is 15.7. The molecule has 0 radical (unpaired) electrons. The van der Waals surface area contributed by atoms with Crippen LogP contribution in [0.3, 0.4) is 0 Å². The number of nitrogens with one attached hydrogen (secondary N) is 3. The molecule has 0 bridgehead atoms. The molecule has 1 aromatic carbocycles. The first-order chi connectivity index (χ1) is 14.0. The number of guanidine groups is 1. The third-order valence-electron chi connectivity index (χ3n) is 5.23. The molecular formula is C16H21F3N8O2S. The standard InChI is InChI=1S/C16H21F3N8O2S/c17-16(18,19)11-6-5-10(9-3-1-8(2-4-9)7-23-15(20)21)12(13(11)30(22,28)29)14-24-26-27-25-14/h5-6,8-9H,1-4,7H2,(H4,20,21,23)(H2,22,28,29)(H,24,25,26,27)/t8-,9-. The first kappa shape index (κ1) is 22.0. The van der Waals surface area contributed by atoms with Crippen molar-refractivity contribution in [1.82, 2.24) is 25.9 Å². The van der Waals surface area contributed by atoms with Crippen LogP contribution in [0, 0.1) is 11.3 Å². The molecule has 0 saturated heterocycles. The van der Waals surface area contributed by atoms with Crippen LogP contribution >= 0.6 is 0 Å². The van der Waals surface area contributed by atoms with Crippen molar-refractivity contribution in [2.75, 3.05) is 6.54 Å². The van der Waals surface area contributed by atoms with E-state index in [0.717, 1.165) is 18.9 Å². The predicted octanol–water partition coefficient (Wildman–Crippen LogP) is 1.29. The molecule has 3 rings (SSSR count). The highest BCUT2D eigenvalue weighted by atomic mass is 32.2. The van der Waals surface area contributed by atoms with E-state index in [1.54, 1.807) is 0 Å². The van der Waals surface area contributed by atoms with Crippen LogP contribution in [-0.2, 0) is 16.2 Å². The molecule has 14 heteroatoms. The van der Waals surface area contributed by atoms with Crippen molar-refractivity contribution in [3.8, 4) is 11.4 Å². The van der Waals surface area contributed by atoms with Crippen LogP contribution in [0.5, 0.6) is 0 Å². The number of halogens is 3. The van der Waals surface area contributed by atoms with Crippen LogP contribution in [0.2, 0.25) is 0 Å². The fourth-order valence-electron chi connectivity index (χ4n) is 3.90. The number of H-pyrrole nitrogens is 1. The van der Waals surface area contributed by atoms with Gasteiger partial charge in [-0.15, -0.1) is 5.10 Å². The Kier molecular flexibility index (Phi) is 5.99. The van der Waals surface area contributed by atoms with Gasteiger partial charge in [-0.1, -0.05) is 6.07 Å². The van der Waals surface area contributed by atoms with Gasteiger partial charge in [-0.2, -0.15) is 13.2 Å². The highest BCUT2D eigenvalue weighted by Crippen LogP contribution is 2.45. The van der Waals surface area contributed by atoms with E-state index >= 15 is 0 Å². The summed E-state index contributed by atoms with van der Waals surface area (Å²) >= 11 is 0. The minimum absolute atomic E-state index is 0.127. The predicted molar refractivity (Wildman–Crippen MR) is 101 cm³/mol. The Morgan fingerprint density at radius 1 is 1.27 bits per heavy atom. The van der Waals surface area contributed by atoms with E-state index in [1.165, 1.54) is 6.07 Å². The van der Waals surface area contributed by atoms with Crippen LogP contribution < -0.4 is 16.2 Å². The van der Waals surface area contributed by atoms with E-state index in [0.29, 0.717) is 24.9 Å². The van der Waals surface area contributed by atoms with E-state index in [1.807, 2.05) is 0 Å². The molecule has 1 aliphatic carbocycles. The van der Waals surface area contributed by atoms with Crippen molar-refractivity contribution in [2.45, 2.75) is 42.7 Å². The number of hydrogen-bond donors (Lipinski definition) is 5. The van der Waals surface area contributed by atoms with Crippen molar-refractivity contribution in [1.29, 1.82) is 5.41 Å². The van der Waals surface area contributed by atoms with Gasteiger partial charge in [0.25, 0.3) is 0 Å². The molecule has 164 valence electrons. The van der Waals surface area contributed by atoms with Gasteiger partial charge in [0.15, 0.2) is 11.8 Å². The van der Waals surface area contributed by atoms with E-state index in [-0.39, 0.29) is 29.2 Å². The van der Waals surface area contributed by atoms with Gasteiger partial charge in [-0.25, -0.2) is 18.7 Å². The lowest BCUT2D eigenvalue weighted by Gasteiger charge is -2.30. The quantitative estimate of drug-likeness (QED) is 0.339. The zero-order chi connectivity index (χ0) is 22.1. The van der Waals surface area contributed by atoms with E-state index in [2.05, 4.69) is 25.9 Å². The molecule has 2 aromatic rings. The third kappa shape index (κ3) is 4.70. The Morgan fingerprint density at radius 3 is 2.43 bits per heavy atom. The van der Waals surface area contributed by atoms with Gasteiger partial charge in [0.1, 0.15) is 4.90 Å². The molecule has 7 N–H and O–H groups in total. The monoisotopic (exact) mass is 446 g/mol. The average molecular weight is 446 g/mol. The summed E-state index contributed by atoms with van der Waals surface area (Å²) in [5.74, 6) is -0.285. The van der Waals surface area contributed by atoms with E-state index in [9.17, 15) is 21.6 Å². The van der Waals surface area contributed by atoms with Gasteiger partial charge in [0.05, 0.1) is 5.56 Å². The van der Waals surface area contributed by atoms with E-state index < -0.39 is 26.7 Å². The second-order valence-electron chi connectivity index (χ2n) is 7.21. The van der Waals surface area contributed by atoms with Gasteiger partial charge in [0, 0.05) is 12.1 Å². The third-order valence-corrected chi connectivity index (χ3v) is 6.22. The molecule has 1 aliphatic rings. The lowest BCUT2D eigenvalue weighted by molar-refractivity contribution is -0.139.